The van der Waals surface area contributed by atoms with Gasteiger partial charge in [0, 0.05) is 41.0 Å². The van der Waals surface area contributed by atoms with Crippen LogP contribution in [0.1, 0.15) is 93.8 Å². The molecule has 8 aromatic rings. The molecule has 0 heterocycles. The number of fused-ring (bicyclic) bond motifs is 12. The lowest BCUT2D eigenvalue weighted by atomic mass is 9.97. The number of aryl methyl sites for hydroxylation is 3. The van der Waals surface area contributed by atoms with Crippen molar-refractivity contribution in [3.63, 3.8) is 0 Å². The van der Waals surface area contributed by atoms with Gasteiger partial charge in [-0.1, -0.05) is 159 Å². The molecule has 12 rings (SSSR count). The molecule has 450 valence electrons. The number of benzene rings is 8. The molecule has 8 aromatic carbocycles. The summed E-state index contributed by atoms with van der Waals surface area (Å²) >= 11 is 19.3. The monoisotopic (exact) mass is 1300 g/mol. The van der Waals surface area contributed by atoms with E-state index in [1.54, 1.807) is 18.2 Å². The zero-order valence-corrected chi connectivity index (χ0v) is 49.9. The van der Waals surface area contributed by atoms with E-state index in [0.29, 0.717) is 11.1 Å². The zero-order valence-electron chi connectivity index (χ0n) is 44.5. The summed E-state index contributed by atoms with van der Waals surface area (Å²) in [6.45, 7) is 10.0. The third-order valence-electron chi connectivity index (χ3n) is 14.4. The van der Waals surface area contributed by atoms with E-state index in [1.165, 1.54) is 58.7 Å². The fourth-order valence-corrected chi connectivity index (χ4v) is 12.4. The van der Waals surface area contributed by atoms with Gasteiger partial charge in [-0.15, -0.1) is 0 Å². The number of aliphatic hydroxyl groups excluding tert-OH is 1. The summed E-state index contributed by atoms with van der Waals surface area (Å²) in [5.41, 5.74) is 17.6. The first-order valence-electron chi connectivity index (χ1n) is 25.2. The summed E-state index contributed by atoms with van der Waals surface area (Å²) in [5, 5.41) is 9.62. The van der Waals surface area contributed by atoms with E-state index in [9.17, 15) is 53.6 Å². The van der Waals surface area contributed by atoms with Crippen molar-refractivity contribution in [2.75, 3.05) is 19.8 Å². The predicted octanol–water partition coefficient (Wildman–Crippen LogP) is 15.4. The molecule has 15 nitrogen and oxygen atoms in total. The molecule has 4 aliphatic rings. The third-order valence-corrected chi connectivity index (χ3v) is 17.1. The Morgan fingerprint density at radius 2 is 0.709 bits per heavy atom. The van der Waals surface area contributed by atoms with E-state index in [0.717, 1.165) is 77.9 Å². The molecule has 0 bridgehead atoms. The average molecular weight is 1300 g/mol. The van der Waals surface area contributed by atoms with Gasteiger partial charge < -0.3 is 28.2 Å². The Bertz CT molecular complexity index is 4270. The molecule has 0 amide bonds. The summed E-state index contributed by atoms with van der Waals surface area (Å²) in [5.74, 6) is -0.550. The van der Waals surface area contributed by atoms with E-state index < -0.39 is 45.9 Å². The van der Waals surface area contributed by atoms with Gasteiger partial charge in [0.05, 0.1) is 21.3 Å². The molecule has 4 aliphatic carbocycles. The summed E-state index contributed by atoms with van der Waals surface area (Å²) in [6.07, 6.45) is 0. The molecule has 22 heteroatoms. The summed E-state index contributed by atoms with van der Waals surface area (Å²) in [7, 11) is -13.5. The lowest BCUT2D eigenvalue weighted by molar-refractivity contribution is 0.169. The number of hydrogen-bond acceptors (Lipinski definition) is 15. The molecular formula is C64H55Cl4O15S3-3. The fourth-order valence-electron chi connectivity index (χ4n) is 10.8. The van der Waals surface area contributed by atoms with Crippen LogP contribution in [0.25, 0.3) is 50.1 Å². The number of rotatable bonds is 8. The largest absolute Gasteiger partial charge is 0.744 e. The van der Waals surface area contributed by atoms with Crippen LogP contribution in [0.2, 0.25) is 0 Å². The lowest BCUT2D eigenvalue weighted by Crippen LogP contribution is -2.09. The fraction of sp³-hybridized carbons (Fsp3) is 0.172. The Morgan fingerprint density at radius 3 is 1.10 bits per heavy atom. The van der Waals surface area contributed by atoms with Gasteiger partial charge in [-0.3, -0.25) is 4.79 Å². The minimum absolute atomic E-state index is 0. The van der Waals surface area contributed by atoms with Gasteiger partial charge in [-0.25, -0.2) is 34.8 Å². The molecule has 0 fully saturated rings. The Morgan fingerprint density at radius 1 is 0.419 bits per heavy atom. The summed E-state index contributed by atoms with van der Waals surface area (Å²) in [4.78, 5) is 29.9. The molecular weight excluding hydrogens is 1250 g/mol. The molecule has 2 unspecified atom stereocenters. The van der Waals surface area contributed by atoms with Crippen molar-refractivity contribution in [1.29, 1.82) is 0 Å². The molecule has 0 spiro atoms. The number of aliphatic hydroxyl groups is 1. The van der Waals surface area contributed by atoms with Crippen LogP contribution in [0.4, 0.5) is 14.4 Å². The second kappa shape index (κ2) is 27.8. The van der Waals surface area contributed by atoms with Crippen LogP contribution < -0.4 is 0 Å². The normalized spacial score (nSPS) is 14.1. The van der Waals surface area contributed by atoms with E-state index in [1.807, 2.05) is 99.6 Å². The number of carbonyl (C=O) groups is 3. The molecule has 2 atom stereocenters. The topological polar surface area (TPSA) is 261 Å². The number of hydrogen-bond donors (Lipinski definition) is 1. The zero-order chi connectivity index (χ0) is 61.2. The highest BCUT2D eigenvalue weighted by Gasteiger charge is 2.32. The predicted molar refractivity (Wildman–Crippen MR) is 331 cm³/mol. The minimum atomic E-state index is -4.56. The van der Waals surface area contributed by atoms with E-state index in [2.05, 4.69) is 54.0 Å². The van der Waals surface area contributed by atoms with E-state index in [4.69, 9.17) is 37.5 Å². The highest BCUT2D eigenvalue weighted by Crippen LogP contribution is 2.49. The van der Waals surface area contributed by atoms with Crippen molar-refractivity contribution in [2.45, 2.75) is 68.1 Å². The van der Waals surface area contributed by atoms with Crippen molar-refractivity contribution >= 4 is 97.9 Å². The smallest absolute Gasteiger partial charge is 0.403 e. The Hall–Kier alpha value is -7.04. The standard InChI is InChI=1S/C16H13ClO5S.C15H11ClO2.C15H14O4S.C15H12O3S.CCl2O.2CH4/c1-9-2-4-11-12-5-3-10(23(19,20)21)7-14(12)15(13(11)6-9)8-22-16(17)18;16-15(17)18-9-14-12-7-3-1-5-10(12)11-6-2-4-8-13(11)14;1-9-2-4-11-12-5-3-10(20(17,18)19)7-14(12)15(8-16)13(11)6-9;1-9-3-5-12-13-6-4-11(19(16,17)18)8-15(13)10(2)14(12)7-9;2-1(3)4;;/h2-7,15H,8H2,1H3,(H,19,20,21);1-8,14H,9H2;2-7,15-16H,8H2,1H3,(H,17,18,19);3-8H,2H2,1H3,(H,16,17,18);;2*1H4/p-3. The molecule has 0 saturated heterocycles. The SMILES string of the molecule is C.C.C=C1c2cc(C)ccc2-c2ccc(S(=O)(=O)[O-])cc21.Cc1ccc2c(c1)C(CO)c1cc(S(=O)(=O)[O-])ccc1-2.Cc1ccc2c(c1)C(COC(=O)Cl)c1cc(S(=O)(=O)[O-])ccc1-2.O=C(Cl)Cl.O=C(Cl)OCC1c2ccccc2-c2ccccc21. The molecule has 0 saturated carbocycles. The maximum Gasteiger partial charge on any atom is 0.403 e. The van der Waals surface area contributed by atoms with Crippen molar-refractivity contribution < 1.29 is 67.9 Å². The molecule has 0 radical (unpaired) electrons. The van der Waals surface area contributed by atoms with Crippen molar-refractivity contribution in [2.24, 2.45) is 0 Å². The van der Waals surface area contributed by atoms with Crippen LogP contribution in [0, 0.1) is 20.8 Å². The van der Waals surface area contributed by atoms with Gasteiger partial charge >= 0.3 is 15.6 Å². The quantitative estimate of drug-likeness (QED) is 0.109. The van der Waals surface area contributed by atoms with Gasteiger partial charge in [0.2, 0.25) is 0 Å². The lowest BCUT2D eigenvalue weighted by Gasteiger charge is -2.15. The highest BCUT2D eigenvalue weighted by molar-refractivity contribution is 7.86. The molecule has 1 N–H and O–H groups in total. The number of ether oxygens (including phenoxy) is 2. The first-order chi connectivity index (χ1) is 39.6. The Kier molecular flexibility index (Phi) is 22.0. The van der Waals surface area contributed by atoms with Crippen LogP contribution >= 0.6 is 46.4 Å². The number of carbonyl (C=O) groups excluding carboxylic acids is 3. The van der Waals surface area contributed by atoms with Crippen molar-refractivity contribution in [3.8, 4) is 44.5 Å². The first kappa shape index (κ1) is 68.1. The van der Waals surface area contributed by atoms with Gasteiger partial charge in [-0.2, -0.15) is 0 Å². The van der Waals surface area contributed by atoms with Gasteiger partial charge in [0.25, 0.3) is 0 Å². The van der Waals surface area contributed by atoms with E-state index >= 15 is 0 Å². The minimum Gasteiger partial charge on any atom is -0.744 e. The third kappa shape index (κ3) is 15.2. The van der Waals surface area contributed by atoms with Crippen LogP contribution in [0.3, 0.4) is 0 Å². The second-order valence-electron chi connectivity index (χ2n) is 19.6. The van der Waals surface area contributed by atoms with Gasteiger partial charge in [0.1, 0.15) is 43.6 Å². The second-order valence-corrected chi connectivity index (χ2v) is 25.3. The molecule has 86 heavy (non-hydrogen) atoms. The van der Waals surface area contributed by atoms with Gasteiger partial charge in [-0.05, 0) is 175 Å². The van der Waals surface area contributed by atoms with Crippen LogP contribution in [-0.4, -0.2) is 79.4 Å². The maximum absolute atomic E-state index is 11.3. The molecule has 0 aliphatic heterocycles. The Labute approximate surface area is 520 Å². The van der Waals surface area contributed by atoms with Crippen LogP contribution in [0.5, 0.6) is 0 Å². The van der Waals surface area contributed by atoms with E-state index in [-0.39, 0.29) is 67.1 Å². The Balaban J connectivity index is 0.000000179. The highest BCUT2D eigenvalue weighted by atomic mass is 35.5. The maximum atomic E-state index is 11.3. The first-order valence-corrected chi connectivity index (χ1v) is 30.9. The van der Waals surface area contributed by atoms with Crippen LogP contribution in [0.15, 0.2) is 179 Å². The molecule has 0 aromatic heterocycles. The summed E-state index contributed by atoms with van der Waals surface area (Å²) < 4.78 is 109. The summed E-state index contributed by atoms with van der Waals surface area (Å²) in [6, 6.07) is 47.2. The van der Waals surface area contributed by atoms with Crippen molar-refractivity contribution in [3.05, 3.63) is 226 Å². The average Bonchev–Trinajstić information content (AvgIpc) is 1.78. The van der Waals surface area contributed by atoms with Gasteiger partial charge in [0.15, 0.2) is 0 Å². The number of halogens is 4. The van der Waals surface area contributed by atoms with Crippen LogP contribution in [-0.2, 0) is 39.8 Å². The van der Waals surface area contributed by atoms with Crippen molar-refractivity contribution in [1.82, 2.24) is 0 Å².